The van der Waals surface area contributed by atoms with Crippen molar-refractivity contribution in [1.82, 2.24) is 5.32 Å². The second-order valence-electron chi connectivity index (χ2n) is 9.91. The van der Waals surface area contributed by atoms with E-state index in [9.17, 15) is 14.0 Å². The number of ether oxygens (including phenoxy) is 4. The number of fused-ring (bicyclic) bond motifs is 1. The number of nitrogens with one attached hydrogen (secondary N) is 1. The number of nitrogens with zero attached hydrogens (tertiary/aromatic N) is 1. The molecule has 1 aliphatic carbocycles. The molecule has 1 saturated carbocycles. The fourth-order valence-corrected chi connectivity index (χ4v) is 5.26. The van der Waals surface area contributed by atoms with E-state index in [1.165, 1.54) is 43.4 Å². The average molecular weight is 549 g/mol. The normalized spacial score (nSPS) is 17.4. The van der Waals surface area contributed by atoms with Crippen LogP contribution in [0.25, 0.3) is 0 Å². The van der Waals surface area contributed by atoms with Gasteiger partial charge < -0.3 is 24.3 Å². The van der Waals surface area contributed by atoms with Crippen LogP contribution in [0.15, 0.2) is 66.7 Å². The Morgan fingerprint density at radius 1 is 0.925 bits per heavy atom. The minimum Gasteiger partial charge on any atom is -0.493 e. The molecule has 0 spiro atoms. The van der Waals surface area contributed by atoms with E-state index in [1.54, 1.807) is 36.4 Å². The van der Waals surface area contributed by atoms with E-state index in [2.05, 4.69) is 5.32 Å². The molecular formula is C31H33FN2O6. The SMILES string of the molecule is COc1ccc(N(C(=O)[C@@H]2COc3ccccc3O2)[C@H](C(=O)NC2CCCCC2)c2ccc(F)cc2)cc1OC. The van der Waals surface area contributed by atoms with Crippen molar-refractivity contribution < 1.29 is 32.9 Å². The zero-order chi connectivity index (χ0) is 28.1. The number of hydrogen-bond donors (Lipinski definition) is 1. The molecule has 1 heterocycles. The first-order valence-electron chi connectivity index (χ1n) is 13.5. The van der Waals surface area contributed by atoms with E-state index in [-0.39, 0.29) is 18.6 Å². The van der Waals surface area contributed by atoms with Crippen molar-refractivity contribution in [3.05, 3.63) is 78.1 Å². The molecule has 2 amide bonds. The fourth-order valence-electron chi connectivity index (χ4n) is 5.26. The molecule has 0 unspecified atom stereocenters. The Hall–Kier alpha value is -4.27. The highest BCUT2D eigenvalue weighted by atomic mass is 19.1. The lowest BCUT2D eigenvalue weighted by Gasteiger charge is -2.36. The molecule has 3 aromatic carbocycles. The lowest BCUT2D eigenvalue weighted by atomic mass is 9.94. The second-order valence-corrected chi connectivity index (χ2v) is 9.91. The molecule has 0 saturated heterocycles. The van der Waals surface area contributed by atoms with Gasteiger partial charge in [0.25, 0.3) is 5.91 Å². The van der Waals surface area contributed by atoms with Crippen LogP contribution in [0, 0.1) is 5.82 Å². The number of para-hydroxylation sites is 2. The predicted octanol–water partition coefficient (Wildman–Crippen LogP) is 5.21. The molecule has 5 rings (SSSR count). The van der Waals surface area contributed by atoms with E-state index in [1.807, 2.05) is 6.07 Å². The summed E-state index contributed by atoms with van der Waals surface area (Å²) in [6.07, 6.45) is 3.87. The molecule has 0 radical (unpaired) electrons. The lowest BCUT2D eigenvalue weighted by Crippen LogP contribution is -2.52. The number of methoxy groups -OCH3 is 2. The van der Waals surface area contributed by atoms with Gasteiger partial charge in [-0.25, -0.2) is 4.39 Å². The number of anilines is 1. The van der Waals surface area contributed by atoms with Gasteiger partial charge in [0.2, 0.25) is 12.0 Å². The molecule has 8 nitrogen and oxygen atoms in total. The van der Waals surface area contributed by atoms with Crippen molar-refractivity contribution in [1.29, 1.82) is 0 Å². The van der Waals surface area contributed by atoms with Crippen LogP contribution in [0.5, 0.6) is 23.0 Å². The zero-order valence-electron chi connectivity index (χ0n) is 22.6. The molecule has 3 aromatic rings. The Morgan fingerprint density at radius 3 is 2.33 bits per heavy atom. The van der Waals surface area contributed by atoms with Crippen molar-refractivity contribution in [3.63, 3.8) is 0 Å². The Morgan fingerprint density at radius 2 is 1.62 bits per heavy atom. The van der Waals surface area contributed by atoms with Gasteiger partial charge in [0.05, 0.1) is 14.2 Å². The van der Waals surface area contributed by atoms with Crippen LogP contribution in [0.3, 0.4) is 0 Å². The third-order valence-corrected chi connectivity index (χ3v) is 7.31. The maximum atomic E-state index is 14.3. The quantitative estimate of drug-likeness (QED) is 0.416. The minimum absolute atomic E-state index is 0.00676. The molecule has 0 bridgehead atoms. The first kappa shape index (κ1) is 27.3. The van der Waals surface area contributed by atoms with E-state index in [0.717, 1.165) is 32.1 Å². The smallest absolute Gasteiger partial charge is 0.272 e. The summed E-state index contributed by atoms with van der Waals surface area (Å²) in [5.74, 6) is 0.524. The summed E-state index contributed by atoms with van der Waals surface area (Å²) in [6.45, 7) is -0.0416. The lowest BCUT2D eigenvalue weighted by molar-refractivity contribution is -0.132. The van der Waals surface area contributed by atoms with Crippen LogP contribution in [0.4, 0.5) is 10.1 Å². The molecule has 40 heavy (non-hydrogen) atoms. The second kappa shape index (κ2) is 12.3. The first-order chi connectivity index (χ1) is 19.5. The molecular weight excluding hydrogens is 515 g/mol. The molecule has 210 valence electrons. The third-order valence-electron chi connectivity index (χ3n) is 7.31. The molecule has 1 fully saturated rings. The molecule has 2 atom stereocenters. The Kier molecular flexibility index (Phi) is 8.38. The maximum Gasteiger partial charge on any atom is 0.272 e. The van der Waals surface area contributed by atoms with E-state index >= 15 is 0 Å². The van der Waals surface area contributed by atoms with Crippen molar-refractivity contribution >= 4 is 17.5 Å². The van der Waals surface area contributed by atoms with E-state index in [0.29, 0.717) is 34.2 Å². The van der Waals surface area contributed by atoms with Crippen molar-refractivity contribution in [2.75, 3.05) is 25.7 Å². The van der Waals surface area contributed by atoms with Gasteiger partial charge in [0, 0.05) is 17.8 Å². The minimum atomic E-state index is -1.12. The van der Waals surface area contributed by atoms with Gasteiger partial charge in [-0.15, -0.1) is 0 Å². The summed E-state index contributed by atoms with van der Waals surface area (Å²) in [4.78, 5) is 29.8. The molecule has 2 aliphatic rings. The van der Waals surface area contributed by atoms with Gasteiger partial charge in [-0.2, -0.15) is 0 Å². The van der Waals surface area contributed by atoms with E-state index < -0.39 is 23.9 Å². The summed E-state index contributed by atoms with van der Waals surface area (Å²) in [7, 11) is 3.01. The first-order valence-corrected chi connectivity index (χ1v) is 13.5. The van der Waals surface area contributed by atoms with Crippen molar-refractivity contribution in [2.45, 2.75) is 50.3 Å². The summed E-state index contributed by atoms with van der Waals surface area (Å²) >= 11 is 0. The van der Waals surface area contributed by atoms with Crippen LogP contribution in [0.1, 0.15) is 43.7 Å². The van der Waals surface area contributed by atoms with Crippen LogP contribution in [0.2, 0.25) is 0 Å². The molecule has 0 aromatic heterocycles. The average Bonchev–Trinajstić information content (AvgIpc) is 3.00. The highest BCUT2D eigenvalue weighted by Crippen LogP contribution is 2.38. The molecule has 9 heteroatoms. The fraction of sp³-hybridized carbons (Fsp3) is 0.355. The van der Waals surface area contributed by atoms with Crippen LogP contribution < -0.4 is 29.2 Å². The number of rotatable bonds is 8. The summed E-state index contributed by atoms with van der Waals surface area (Å²) in [5.41, 5.74) is 0.841. The van der Waals surface area contributed by atoms with Gasteiger partial charge >= 0.3 is 0 Å². The Balaban J connectivity index is 1.58. The van der Waals surface area contributed by atoms with Gasteiger partial charge in [0.15, 0.2) is 23.0 Å². The number of carbonyl (C=O) groups excluding carboxylic acids is 2. The molecule has 1 aliphatic heterocycles. The highest BCUT2D eigenvalue weighted by Gasteiger charge is 2.40. The Labute approximate surface area is 233 Å². The largest absolute Gasteiger partial charge is 0.493 e. The maximum absolute atomic E-state index is 14.3. The standard InChI is InChI=1S/C31H33FN2O6/c1-37-24-17-16-23(18-27(24)38-2)34(31(36)28-19-39-25-10-6-7-11-26(25)40-28)29(20-12-14-21(32)15-13-20)30(35)33-22-8-4-3-5-9-22/h6-7,10-18,22,28-29H,3-5,8-9,19H2,1-2H3,(H,33,35)/t28-,29-/m0/s1. The number of carbonyl (C=O) groups is 2. The monoisotopic (exact) mass is 548 g/mol. The van der Waals surface area contributed by atoms with Crippen LogP contribution in [-0.2, 0) is 9.59 Å². The number of amides is 2. The van der Waals surface area contributed by atoms with Gasteiger partial charge in [-0.05, 0) is 54.8 Å². The van der Waals surface area contributed by atoms with E-state index in [4.69, 9.17) is 18.9 Å². The summed E-state index contributed by atoms with van der Waals surface area (Å²) in [6, 6.07) is 16.6. The van der Waals surface area contributed by atoms with Crippen LogP contribution >= 0.6 is 0 Å². The number of benzene rings is 3. The topological polar surface area (TPSA) is 86.3 Å². The van der Waals surface area contributed by atoms with Crippen LogP contribution in [-0.4, -0.2) is 44.8 Å². The van der Waals surface area contributed by atoms with Gasteiger partial charge in [-0.1, -0.05) is 43.5 Å². The predicted molar refractivity (Wildman–Crippen MR) is 148 cm³/mol. The van der Waals surface area contributed by atoms with Gasteiger partial charge in [0.1, 0.15) is 18.5 Å². The number of halogens is 1. The van der Waals surface area contributed by atoms with Crippen molar-refractivity contribution in [3.8, 4) is 23.0 Å². The zero-order valence-corrected chi connectivity index (χ0v) is 22.6. The summed E-state index contributed by atoms with van der Waals surface area (Å²) in [5, 5.41) is 3.15. The van der Waals surface area contributed by atoms with Gasteiger partial charge in [-0.3, -0.25) is 14.5 Å². The molecule has 1 N–H and O–H groups in total. The third kappa shape index (κ3) is 5.83. The number of hydrogen-bond acceptors (Lipinski definition) is 6. The van der Waals surface area contributed by atoms with Crippen molar-refractivity contribution in [2.24, 2.45) is 0 Å². The summed E-state index contributed by atoms with van der Waals surface area (Å²) < 4.78 is 36.8. The Bertz CT molecular complexity index is 1340. The highest BCUT2D eigenvalue weighted by molar-refractivity contribution is 6.04.